The highest BCUT2D eigenvalue weighted by Crippen LogP contribution is 2.25. The fourth-order valence-electron chi connectivity index (χ4n) is 3.53. The Balaban J connectivity index is 1.67. The smallest absolute Gasteiger partial charge is 0.0252 e. The normalized spacial score (nSPS) is 29.6. The molecule has 0 spiro atoms. The molecule has 3 rings (SSSR count). The summed E-state index contributed by atoms with van der Waals surface area (Å²) < 4.78 is 0. The molecule has 0 radical (unpaired) electrons. The van der Waals surface area contributed by atoms with Gasteiger partial charge in [0.25, 0.3) is 0 Å². The lowest BCUT2D eigenvalue weighted by molar-refractivity contribution is 0.112. The predicted molar refractivity (Wildman–Crippen MR) is 75.5 cm³/mol. The second-order valence-electron chi connectivity index (χ2n) is 5.72. The van der Waals surface area contributed by atoms with Crippen LogP contribution in [0.5, 0.6) is 0 Å². The van der Waals surface area contributed by atoms with Crippen LogP contribution in [0.4, 0.5) is 0 Å². The topological polar surface area (TPSA) is 15.3 Å². The van der Waals surface area contributed by atoms with Crippen molar-refractivity contribution >= 4 is 0 Å². The third-order valence-electron chi connectivity index (χ3n) is 4.46. The molecule has 18 heavy (non-hydrogen) atoms. The van der Waals surface area contributed by atoms with Crippen LogP contribution >= 0.6 is 0 Å². The van der Waals surface area contributed by atoms with Crippen molar-refractivity contribution in [3.63, 3.8) is 0 Å². The van der Waals surface area contributed by atoms with Gasteiger partial charge in [-0.2, -0.15) is 0 Å². The van der Waals surface area contributed by atoms with Gasteiger partial charge in [-0.05, 0) is 44.3 Å². The van der Waals surface area contributed by atoms with E-state index in [0.717, 1.165) is 18.6 Å². The predicted octanol–water partition coefficient (Wildman–Crippen LogP) is 2.79. The average Bonchev–Trinajstić information content (AvgIpc) is 2.94. The van der Waals surface area contributed by atoms with Crippen LogP contribution in [0.2, 0.25) is 0 Å². The van der Waals surface area contributed by atoms with Gasteiger partial charge in [0, 0.05) is 18.6 Å². The lowest BCUT2D eigenvalue weighted by atomic mass is 9.94. The molecule has 1 aromatic rings. The zero-order chi connectivity index (χ0) is 12.2. The van der Waals surface area contributed by atoms with Crippen molar-refractivity contribution in [3.8, 4) is 0 Å². The van der Waals surface area contributed by atoms with Gasteiger partial charge >= 0.3 is 0 Å². The fraction of sp³-hybridized carbons (Fsp3) is 0.625. The van der Waals surface area contributed by atoms with Crippen LogP contribution in [0.25, 0.3) is 0 Å². The summed E-state index contributed by atoms with van der Waals surface area (Å²) in [6.07, 6.45) is 6.89. The molecule has 0 bridgehead atoms. The van der Waals surface area contributed by atoms with E-state index >= 15 is 0 Å². The second kappa shape index (κ2) is 5.85. The molecule has 1 aromatic carbocycles. The van der Waals surface area contributed by atoms with E-state index in [2.05, 4.69) is 40.5 Å². The van der Waals surface area contributed by atoms with E-state index in [1.54, 1.807) is 0 Å². The Morgan fingerprint density at radius 2 is 1.94 bits per heavy atom. The molecule has 98 valence electrons. The molecule has 2 heteroatoms. The molecule has 2 atom stereocenters. The molecule has 0 aromatic heterocycles. The minimum Gasteiger partial charge on any atom is -0.312 e. The molecule has 1 N–H and O–H groups in total. The SMILES string of the molecule is c1ccc(CN2CCCC[C@@H]2[C@@H]2CCCN2)cc1. The van der Waals surface area contributed by atoms with Gasteiger partial charge in [-0.25, -0.2) is 0 Å². The monoisotopic (exact) mass is 244 g/mol. The largest absolute Gasteiger partial charge is 0.312 e. The molecule has 2 aliphatic heterocycles. The summed E-state index contributed by atoms with van der Waals surface area (Å²) in [5.41, 5.74) is 1.46. The van der Waals surface area contributed by atoms with E-state index in [1.807, 2.05) is 0 Å². The Morgan fingerprint density at radius 3 is 2.72 bits per heavy atom. The van der Waals surface area contributed by atoms with Crippen molar-refractivity contribution in [3.05, 3.63) is 35.9 Å². The van der Waals surface area contributed by atoms with Crippen LogP contribution in [0.15, 0.2) is 30.3 Å². The first-order valence-corrected chi connectivity index (χ1v) is 7.45. The molecular formula is C16H24N2. The maximum Gasteiger partial charge on any atom is 0.0252 e. The molecule has 2 saturated heterocycles. The van der Waals surface area contributed by atoms with Crippen LogP contribution < -0.4 is 5.32 Å². The van der Waals surface area contributed by atoms with E-state index in [-0.39, 0.29) is 0 Å². The molecule has 0 saturated carbocycles. The summed E-state index contributed by atoms with van der Waals surface area (Å²) in [7, 11) is 0. The maximum atomic E-state index is 3.70. The van der Waals surface area contributed by atoms with Gasteiger partial charge in [-0.15, -0.1) is 0 Å². The van der Waals surface area contributed by atoms with Crippen molar-refractivity contribution < 1.29 is 0 Å². The third-order valence-corrected chi connectivity index (χ3v) is 4.46. The van der Waals surface area contributed by atoms with Gasteiger partial charge in [0.05, 0.1) is 0 Å². The van der Waals surface area contributed by atoms with E-state index in [1.165, 1.54) is 50.8 Å². The fourth-order valence-corrected chi connectivity index (χ4v) is 3.53. The number of nitrogens with one attached hydrogen (secondary N) is 1. The third kappa shape index (κ3) is 2.76. The van der Waals surface area contributed by atoms with Crippen molar-refractivity contribution in [2.75, 3.05) is 13.1 Å². The molecular weight excluding hydrogens is 220 g/mol. The summed E-state index contributed by atoms with van der Waals surface area (Å²) in [6.45, 7) is 3.63. The highest BCUT2D eigenvalue weighted by Gasteiger charge is 2.31. The van der Waals surface area contributed by atoms with E-state index in [0.29, 0.717) is 0 Å². The van der Waals surface area contributed by atoms with Crippen LogP contribution in [0, 0.1) is 0 Å². The Hall–Kier alpha value is -0.860. The summed E-state index contributed by atoms with van der Waals surface area (Å²) in [5, 5.41) is 3.70. The lowest BCUT2D eigenvalue weighted by Gasteiger charge is -2.39. The molecule has 0 aliphatic carbocycles. The average molecular weight is 244 g/mol. The first kappa shape index (κ1) is 12.2. The minimum absolute atomic E-state index is 0.744. The lowest BCUT2D eigenvalue weighted by Crippen LogP contribution is -2.49. The first-order valence-electron chi connectivity index (χ1n) is 7.45. The summed E-state index contributed by atoms with van der Waals surface area (Å²) >= 11 is 0. The van der Waals surface area contributed by atoms with E-state index in [4.69, 9.17) is 0 Å². The number of rotatable bonds is 3. The summed E-state index contributed by atoms with van der Waals surface area (Å²) in [6, 6.07) is 12.4. The van der Waals surface area contributed by atoms with Gasteiger partial charge in [0.2, 0.25) is 0 Å². The minimum atomic E-state index is 0.744. The zero-order valence-electron chi connectivity index (χ0n) is 11.1. The van der Waals surface area contributed by atoms with Gasteiger partial charge in [-0.3, -0.25) is 4.90 Å². The summed E-state index contributed by atoms with van der Waals surface area (Å²) in [4.78, 5) is 2.71. The van der Waals surface area contributed by atoms with Crippen LogP contribution in [0.1, 0.15) is 37.7 Å². The van der Waals surface area contributed by atoms with Gasteiger partial charge in [-0.1, -0.05) is 36.8 Å². The number of likely N-dealkylation sites (tertiary alicyclic amines) is 1. The van der Waals surface area contributed by atoms with Gasteiger partial charge in [0.1, 0.15) is 0 Å². The van der Waals surface area contributed by atoms with Crippen molar-refractivity contribution in [1.29, 1.82) is 0 Å². The van der Waals surface area contributed by atoms with Crippen molar-refractivity contribution in [2.45, 2.75) is 50.7 Å². The molecule has 0 unspecified atom stereocenters. The van der Waals surface area contributed by atoms with E-state index < -0.39 is 0 Å². The quantitative estimate of drug-likeness (QED) is 0.879. The molecule has 2 nitrogen and oxygen atoms in total. The Bertz CT molecular complexity index is 357. The molecule has 2 fully saturated rings. The van der Waals surface area contributed by atoms with Crippen molar-refractivity contribution in [1.82, 2.24) is 10.2 Å². The zero-order valence-corrected chi connectivity index (χ0v) is 11.1. The summed E-state index contributed by atoms with van der Waals surface area (Å²) in [5.74, 6) is 0. The van der Waals surface area contributed by atoms with E-state index in [9.17, 15) is 0 Å². The van der Waals surface area contributed by atoms with Crippen LogP contribution in [0.3, 0.4) is 0 Å². The second-order valence-corrected chi connectivity index (χ2v) is 5.72. The van der Waals surface area contributed by atoms with Crippen LogP contribution in [-0.2, 0) is 6.54 Å². The number of nitrogens with zero attached hydrogens (tertiary/aromatic N) is 1. The highest BCUT2D eigenvalue weighted by atomic mass is 15.2. The number of piperidine rings is 1. The number of hydrogen-bond donors (Lipinski definition) is 1. The molecule has 0 amide bonds. The molecule has 2 aliphatic rings. The Morgan fingerprint density at radius 1 is 1.06 bits per heavy atom. The maximum absolute atomic E-state index is 3.70. The first-order chi connectivity index (χ1) is 8.93. The van der Waals surface area contributed by atoms with Gasteiger partial charge < -0.3 is 5.32 Å². The number of benzene rings is 1. The highest BCUT2D eigenvalue weighted by molar-refractivity contribution is 5.15. The standard InChI is InChI=1S/C16H24N2/c1-2-7-14(8-3-1)13-18-12-5-4-10-16(18)15-9-6-11-17-15/h1-3,7-8,15-17H,4-6,9-13H2/t15-,16+/m0/s1. The number of hydrogen-bond acceptors (Lipinski definition) is 2. The van der Waals surface area contributed by atoms with Gasteiger partial charge in [0.15, 0.2) is 0 Å². The molecule has 2 heterocycles. The Kier molecular flexibility index (Phi) is 3.96. The van der Waals surface area contributed by atoms with Crippen molar-refractivity contribution in [2.24, 2.45) is 0 Å². The van der Waals surface area contributed by atoms with Crippen LogP contribution in [-0.4, -0.2) is 30.1 Å². The Labute approximate surface area is 110 Å².